The Hall–Kier alpha value is -6.94. The van der Waals surface area contributed by atoms with Gasteiger partial charge in [0.2, 0.25) is 5.75 Å². The number of phenols is 2. The lowest BCUT2D eigenvalue weighted by Gasteiger charge is -2.49. The summed E-state index contributed by atoms with van der Waals surface area (Å²) in [5.41, 5.74) is 3.24. The number of hydrogen-bond acceptors (Lipinski definition) is 13. The molecule has 0 radical (unpaired) electrons. The van der Waals surface area contributed by atoms with Crippen LogP contribution in [0.15, 0.2) is 83.5 Å². The summed E-state index contributed by atoms with van der Waals surface area (Å²) in [6.07, 6.45) is 0.445. The molecular weight excluding hydrogens is 736 g/mol. The molecular formula is C41H42N6O10. The Labute approximate surface area is 327 Å². The highest BCUT2D eigenvalue weighted by Crippen LogP contribution is 2.45. The van der Waals surface area contributed by atoms with E-state index in [2.05, 4.69) is 15.4 Å². The number of rotatable bonds is 11. The van der Waals surface area contributed by atoms with Crippen molar-refractivity contribution in [2.45, 2.75) is 25.5 Å². The molecule has 1 amide bonds. The lowest BCUT2D eigenvalue weighted by Crippen LogP contribution is -2.62. The van der Waals surface area contributed by atoms with E-state index in [1.165, 1.54) is 44.0 Å². The summed E-state index contributed by atoms with van der Waals surface area (Å²) in [6.45, 7) is 4.43. The van der Waals surface area contributed by atoms with Crippen LogP contribution in [0.1, 0.15) is 30.9 Å². The molecule has 1 saturated heterocycles. The van der Waals surface area contributed by atoms with Crippen molar-refractivity contribution in [3.05, 3.63) is 90.1 Å². The van der Waals surface area contributed by atoms with Crippen molar-refractivity contribution in [2.75, 3.05) is 53.0 Å². The number of amides is 1. The van der Waals surface area contributed by atoms with Crippen molar-refractivity contribution in [3.63, 3.8) is 0 Å². The number of methoxy groups -OCH3 is 4. The number of nitrogens with zero attached hydrogens (tertiary/aromatic N) is 6. The Morgan fingerprint density at radius 3 is 2.14 bits per heavy atom. The monoisotopic (exact) mass is 778 g/mol. The van der Waals surface area contributed by atoms with Crippen LogP contribution in [0.5, 0.6) is 34.8 Å². The van der Waals surface area contributed by atoms with E-state index in [1.807, 2.05) is 55.1 Å². The third-order valence-electron chi connectivity index (χ3n) is 10.3. The van der Waals surface area contributed by atoms with Gasteiger partial charge in [0.25, 0.3) is 0 Å². The van der Waals surface area contributed by atoms with Gasteiger partial charge in [0.1, 0.15) is 11.5 Å². The number of aromatic hydroxyl groups is 3. The molecule has 1 aliphatic rings. The van der Waals surface area contributed by atoms with Crippen LogP contribution in [0.2, 0.25) is 0 Å². The van der Waals surface area contributed by atoms with Crippen LogP contribution >= 0.6 is 0 Å². The van der Waals surface area contributed by atoms with Gasteiger partial charge in [-0.3, -0.25) is 4.90 Å². The van der Waals surface area contributed by atoms with E-state index in [4.69, 9.17) is 23.5 Å². The highest BCUT2D eigenvalue weighted by Gasteiger charge is 2.47. The first kappa shape index (κ1) is 38.3. The fraction of sp³-hybridized carbons (Fsp3) is 0.268. The van der Waals surface area contributed by atoms with Crippen LogP contribution in [0.25, 0.3) is 39.5 Å². The summed E-state index contributed by atoms with van der Waals surface area (Å²) in [7, 11) is 6.06. The number of hydrogen-bond donors (Lipinski definition) is 4. The van der Waals surface area contributed by atoms with Gasteiger partial charge in [0.15, 0.2) is 28.8 Å². The molecule has 296 valence electrons. The summed E-state index contributed by atoms with van der Waals surface area (Å²) >= 11 is 0. The summed E-state index contributed by atoms with van der Waals surface area (Å²) in [5.74, 6) is 1.58. The molecule has 4 aromatic carbocycles. The molecule has 16 nitrogen and oxygen atoms in total. The van der Waals surface area contributed by atoms with Gasteiger partial charge in [0, 0.05) is 48.6 Å². The second-order valence-corrected chi connectivity index (χ2v) is 13.7. The standard InChI is InChI=1S/C41H42N6O10/c1-23(2)29-19-30(33(49)20-32(29)48)38-43-44-39(50)47(38)28-12-10-27(11-13-28)45-14-15-46(40(51)52)41(22-45,56-6)26-9-7-8-24(16-26)31-21-42-57-36(31)25-17-34(53-3)37(55-5)35(18-25)54-4/h7-13,16-21,23,48-49H,14-15,22H2,1-6H3,(H,44,50)(H,51,52). The van der Waals surface area contributed by atoms with Gasteiger partial charge < -0.3 is 48.8 Å². The molecule has 0 aliphatic carbocycles. The zero-order chi connectivity index (χ0) is 40.6. The van der Waals surface area contributed by atoms with Gasteiger partial charge >= 0.3 is 12.1 Å². The predicted octanol–water partition coefficient (Wildman–Crippen LogP) is 6.82. The summed E-state index contributed by atoms with van der Waals surface area (Å²) < 4.78 is 30.0. The smallest absolute Gasteiger partial charge is 0.409 e. The predicted molar refractivity (Wildman–Crippen MR) is 209 cm³/mol. The van der Waals surface area contributed by atoms with E-state index in [1.54, 1.807) is 36.5 Å². The highest BCUT2D eigenvalue weighted by atomic mass is 16.5. The van der Waals surface area contributed by atoms with Crippen LogP contribution in [0, 0.1) is 0 Å². The topological polar surface area (TPSA) is 198 Å². The summed E-state index contributed by atoms with van der Waals surface area (Å²) in [5, 5.41) is 54.5. The first-order valence-electron chi connectivity index (χ1n) is 17.9. The normalized spacial score (nSPS) is 15.6. The molecule has 57 heavy (non-hydrogen) atoms. The number of aromatic nitrogens is 4. The quantitative estimate of drug-likeness (QED) is 0.107. The first-order chi connectivity index (χ1) is 27.4. The molecule has 16 heteroatoms. The Kier molecular flexibility index (Phi) is 10.3. The molecule has 0 bridgehead atoms. The zero-order valence-corrected chi connectivity index (χ0v) is 32.1. The molecule has 1 atom stereocenters. The van der Waals surface area contributed by atoms with E-state index < -0.39 is 17.8 Å². The number of phenolic OH excluding ortho intramolecular Hbond substituents is 2. The summed E-state index contributed by atoms with van der Waals surface area (Å²) in [6, 6.07) is 20.6. The highest BCUT2D eigenvalue weighted by molar-refractivity contribution is 5.82. The van der Waals surface area contributed by atoms with Crippen LogP contribution in [0.3, 0.4) is 0 Å². The average Bonchev–Trinajstić information content (AvgIpc) is 3.87. The van der Waals surface area contributed by atoms with Crippen molar-refractivity contribution in [1.82, 2.24) is 24.8 Å². The molecule has 0 saturated carbocycles. The maximum atomic E-state index is 12.8. The lowest BCUT2D eigenvalue weighted by atomic mass is 9.93. The van der Waals surface area contributed by atoms with Gasteiger partial charge in [-0.1, -0.05) is 42.3 Å². The van der Waals surface area contributed by atoms with E-state index in [-0.39, 0.29) is 41.9 Å². The second-order valence-electron chi connectivity index (χ2n) is 13.7. The van der Waals surface area contributed by atoms with Gasteiger partial charge in [0.05, 0.1) is 45.3 Å². The number of piperazine rings is 1. The van der Waals surface area contributed by atoms with Crippen molar-refractivity contribution in [1.29, 1.82) is 0 Å². The molecule has 2 aromatic heterocycles. The first-order valence-corrected chi connectivity index (χ1v) is 17.9. The second kappa shape index (κ2) is 15.3. The number of carbonyl (C=O) groups is 1. The number of ether oxygens (including phenoxy) is 4. The van der Waals surface area contributed by atoms with Gasteiger partial charge in [-0.2, -0.15) is 0 Å². The Balaban J connectivity index is 1.23. The lowest BCUT2D eigenvalue weighted by molar-refractivity contribution is -0.130. The summed E-state index contributed by atoms with van der Waals surface area (Å²) in [4.78, 5) is 16.1. The Bertz CT molecular complexity index is 2400. The van der Waals surface area contributed by atoms with E-state index >= 15 is 0 Å². The zero-order valence-electron chi connectivity index (χ0n) is 32.1. The molecule has 3 heterocycles. The SMILES string of the molecule is COc1cc(-c2oncc2-c2cccc(C3(OC)CN(c4ccc(-n5c(O)nnc5-c5cc(C(C)C)c(O)cc5O)cc4)CCN3C(=O)O)c2)cc(OC)c1OC. The molecule has 0 spiro atoms. The molecule has 6 aromatic rings. The minimum Gasteiger partial charge on any atom is -0.508 e. The van der Waals surface area contributed by atoms with E-state index in [9.17, 15) is 25.2 Å². The van der Waals surface area contributed by atoms with Crippen LogP contribution in [-0.2, 0) is 10.5 Å². The fourth-order valence-corrected chi connectivity index (χ4v) is 7.37. The van der Waals surface area contributed by atoms with Crippen molar-refractivity contribution in [3.8, 4) is 74.3 Å². The minimum atomic E-state index is -1.44. The number of carboxylic acid groups (broad SMARTS) is 1. The van der Waals surface area contributed by atoms with Crippen molar-refractivity contribution in [2.24, 2.45) is 0 Å². The third kappa shape index (κ3) is 6.73. The molecule has 1 unspecified atom stereocenters. The van der Waals surface area contributed by atoms with Gasteiger partial charge in [-0.25, -0.2) is 9.36 Å². The van der Waals surface area contributed by atoms with Gasteiger partial charge in [-0.15, -0.1) is 5.10 Å². The van der Waals surface area contributed by atoms with Gasteiger partial charge in [-0.05, 0) is 65.6 Å². The van der Waals surface area contributed by atoms with E-state index in [0.717, 1.165) is 5.69 Å². The van der Waals surface area contributed by atoms with Crippen LogP contribution < -0.4 is 19.1 Å². The van der Waals surface area contributed by atoms with Crippen molar-refractivity contribution < 1.29 is 48.7 Å². The number of benzene rings is 4. The van der Waals surface area contributed by atoms with Crippen LogP contribution in [0.4, 0.5) is 10.5 Å². The maximum Gasteiger partial charge on any atom is 0.409 e. The molecule has 1 fully saturated rings. The maximum absolute atomic E-state index is 12.8. The van der Waals surface area contributed by atoms with Crippen molar-refractivity contribution >= 4 is 11.8 Å². The third-order valence-corrected chi connectivity index (χ3v) is 10.3. The Morgan fingerprint density at radius 2 is 1.51 bits per heavy atom. The number of anilines is 1. The largest absolute Gasteiger partial charge is 0.508 e. The fourth-order valence-electron chi connectivity index (χ4n) is 7.37. The molecule has 7 rings (SSSR count). The minimum absolute atomic E-state index is 0.0494. The Morgan fingerprint density at radius 1 is 0.807 bits per heavy atom. The van der Waals surface area contributed by atoms with E-state index in [0.29, 0.717) is 63.1 Å². The average molecular weight is 779 g/mol. The molecule has 1 aliphatic heterocycles. The van der Waals surface area contributed by atoms with Crippen LogP contribution in [-0.4, -0.2) is 99.4 Å². The molecule has 4 N–H and O–H groups in total.